The minimum absolute atomic E-state index is 0.440. The van der Waals surface area contributed by atoms with E-state index in [1.807, 2.05) is 6.07 Å². The summed E-state index contributed by atoms with van der Waals surface area (Å²) < 4.78 is 1.15. The van der Waals surface area contributed by atoms with Gasteiger partial charge in [-0.05, 0) is 48.5 Å². The van der Waals surface area contributed by atoms with Crippen LogP contribution in [0.2, 0.25) is 0 Å². The number of benzene rings is 2. The summed E-state index contributed by atoms with van der Waals surface area (Å²) in [5.74, 6) is 0. The van der Waals surface area contributed by atoms with Gasteiger partial charge in [0.2, 0.25) is 6.41 Å². The monoisotopic (exact) mass is 327 g/mol. The molecule has 8 heteroatoms. The van der Waals surface area contributed by atoms with Gasteiger partial charge >= 0.3 is 6.03 Å². The number of hydrogen-bond donors (Lipinski definition) is 4. The second kappa shape index (κ2) is 7.72. The summed E-state index contributed by atoms with van der Waals surface area (Å²) in [7, 11) is 0. The molecular weight excluding hydrogens is 314 g/mol. The number of nitrogens with one attached hydrogen (secondary N) is 3. The van der Waals surface area contributed by atoms with Crippen LogP contribution in [0.4, 0.5) is 21.9 Å². The molecule has 0 aliphatic heterocycles. The summed E-state index contributed by atoms with van der Waals surface area (Å²) in [4.78, 5) is 22.3. The van der Waals surface area contributed by atoms with E-state index >= 15 is 0 Å². The maximum absolute atomic E-state index is 12.1. The normalized spacial score (nSPS) is 9.39. The van der Waals surface area contributed by atoms with Gasteiger partial charge in [0.1, 0.15) is 0 Å². The third kappa shape index (κ3) is 4.39. The van der Waals surface area contributed by atoms with Crippen LogP contribution in [0.15, 0.2) is 48.5 Å². The van der Waals surface area contributed by atoms with Crippen LogP contribution < -0.4 is 20.5 Å². The molecule has 2 aromatic carbocycles. The van der Waals surface area contributed by atoms with E-state index in [4.69, 9.17) is 5.26 Å². The number of amides is 3. The maximum Gasteiger partial charge on any atom is 0.336 e. The fourth-order valence-corrected chi connectivity index (χ4v) is 1.90. The lowest BCUT2D eigenvalue weighted by Gasteiger charge is -2.17. The Hall–Kier alpha value is -3.18. The third-order valence-corrected chi connectivity index (χ3v) is 3.26. The van der Waals surface area contributed by atoms with Gasteiger partial charge in [-0.15, -0.1) is 0 Å². The minimum atomic E-state index is -0.440. The second-order valence-electron chi connectivity index (χ2n) is 4.37. The van der Waals surface area contributed by atoms with Crippen LogP contribution in [0.5, 0.6) is 0 Å². The Labute approximate surface area is 138 Å². The van der Waals surface area contributed by atoms with Crippen LogP contribution in [0.3, 0.4) is 0 Å². The highest BCUT2D eigenvalue weighted by atomic mass is 32.1. The zero-order valence-corrected chi connectivity index (χ0v) is 12.7. The highest BCUT2D eigenvalue weighted by Gasteiger charge is 2.12. The summed E-state index contributed by atoms with van der Waals surface area (Å²) in [5, 5.41) is 11.4. The van der Waals surface area contributed by atoms with Crippen molar-refractivity contribution < 1.29 is 9.59 Å². The van der Waals surface area contributed by atoms with Gasteiger partial charge in [0.05, 0.1) is 23.0 Å². The molecule has 0 bridgehead atoms. The van der Waals surface area contributed by atoms with Crippen LogP contribution in [-0.2, 0) is 4.79 Å². The Morgan fingerprint density at radius 1 is 1.09 bits per heavy atom. The first-order valence-corrected chi connectivity index (χ1v) is 6.89. The number of nitrogens with zero attached hydrogens (tertiary/aromatic N) is 2. The summed E-state index contributed by atoms with van der Waals surface area (Å²) in [6.07, 6.45) is 0.518. The molecule has 0 fully saturated rings. The molecule has 3 amide bonds. The fraction of sp³-hybridized carbons (Fsp3) is 0. The molecule has 0 aliphatic rings. The molecule has 116 valence electrons. The summed E-state index contributed by atoms with van der Waals surface area (Å²) in [5.41, 5.74) is 7.25. The van der Waals surface area contributed by atoms with Crippen molar-refractivity contribution in [1.82, 2.24) is 5.43 Å². The van der Waals surface area contributed by atoms with Gasteiger partial charge in [0.25, 0.3) is 0 Å². The molecule has 0 saturated heterocycles. The largest absolute Gasteiger partial charge is 0.336 e. The Balaban J connectivity index is 2.00. The number of anilines is 3. The van der Waals surface area contributed by atoms with Crippen molar-refractivity contribution in [3.8, 4) is 6.07 Å². The van der Waals surface area contributed by atoms with Crippen molar-refractivity contribution in [2.24, 2.45) is 0 Å². The predicted molar refractivity (Wildman–Crippen MR) is 90.9 cm³/mol. The van der Waals surface area contributed by atoms with Crippen molar-refractivity contribution in [2.45, 2.75) is 0 Å². The van der Waals surface area contributed by atoms with Crippen LogP contribution in [-0.4, -0.2) is 12.4 Å². The molecule has 0 radical (unpaired) electrons. The lowest BCUT2D eigenvalue weighted by molar-refractivity contribution is -0.109. The van der Waals surface area contributed by atoms with Gasteiger partial charge in [-0.25, -0.2) is 9.10 Å². The van der Waals surface area contributed by atoms with Crippen molar-refractivity contribution in [3.05, 3.63) is 54.1 Å². The zero-order chi connectivity index (χ0) is 16.7. The molecule has 2 aromatic rings. The van der Waals surface area contributed by atoms with Crippen molar-refractivity contribution in [3.63, 3.8) is 0 Å². The van der Waals surface area contributed by atoms with Crippen molar-refractivity contribution >= 4 is 42.3 Å². The molecule has 23 heavy (non-hydrogen) atoms. The van der Waals surface area contributed by atoms with Gasteiger partial charge in [0, 0.05) is 5.69 Å². The van der Waals surface area contributed by atoms with E-state index < -0.39 is 6.03 Å². The Kier molecular flexibility index (Phi) is 5.44. The Morgan fingerprint density at radius 3 is 2.26 bits per heavy atom. The van der Waals surface area contributed by atoms with Gasteiger partial charge in [0.15, 0.2) is 0 Å². The molecule has 0 aromatic heterocycles. The zero-order valence-electron chi connectivity index (χ0n) is 11.9. The molecule has 2 rings (SSSR count). The van der Waals surface area contributed by atoms with Crippen LogP contribution >= 0.6 is 12.8 Å². The minimum Gasteiger partial charge on any atom is -0.307 e. The van der Waals surface area contributed by atoms with Gasteiger partial charge < -0.3 is 5.32 Å². The molecule has 0 saturated carbocycles. The van der Waals surface area contributed by atoms with E-state index in [0.717, 1.165) is 4.31 Å². The van der Waals surface area contributed by atoms with Crippen molar-refractivity contribution in [1.29, 1.82) is 5.26 Å². The Bertz CT molecular complexity index is 725. The number of rotatable bonds is 5. The second-order valence-corrected chi connectivity index (χ2v) is 4.77. The van der Waals surface area contributed by atoms with E-state index in [9.17, 15) is 9.59 Å². The number of carbonyl (C=O) groups excluding carboxylic acids is 2. The highest BCUT2D eigenvalue weighted by molar-refractivity contribution is 7.82. The molecule has 0 aliphatic carbocycles. The first-order chi connectivity index (χ1) is 11.1. The van der Waals surface area contributed by atoms with E-state index in [0.29, 0.717) is 29.0 Å². The topological polar surface area (TPSA) is 97.3 Å². The van der Waals surface area contributed by atoms with E-state index in [2.05, 4.69) is 29.0 Å². The van der Waals surface area contributed by atoms with Gasteiger partial charge in [-0.1, -0.05) is 12.8 Å². The lowest BCUT2D eigenvalue weighted by Crippen LogP contribution is -2.26. The molecule has 7 nitrogen and oxygen atoms in total. The highest BCUT2D eigenvalue weighted by Crippen LogP contribution is 2.20. The summed E-state index contributed by atoms with van der Waals surface area (Å²) in [6, 6.07) is 14.8. The van der Waals surface area contributed by atoms with Crippen molar-refractivity contribution in [2.75, 3.05) is 15.0 Å². The molecule has 0 atom stereocenters. The smallest absolute Gasteiger partial charge is 0.307 e. The number of carbonyl (C=O) groups is 2. The first-order valence-electron chi connectivity index (χ1n) is 6.49. The Morgan fingerprint density at radius 2 is 1.70 bits per heavy atom. The molecule has 0 spiro atoms. The van der Waals surface area contributed by atoms with Crippen LogP contribution in [0.1, 0.15) is 5.56 Å². The SMILES string of the molecule is N#Cc1ccc(NC(=O)N(S)c2ccc(NNC=O)cc2)cc1. The standard InChI is InChI=1S/C15H13N5O2S/c16-9-11-1-3-12(4-2-11)18-15(22)20(23)14-7-5-13(6-8-14)19-17-10-21/h1-8,10,19,23H,(H,17,21)(H,18,22). The molecule has 0 unspecified atom stereocenters. The quantitative estimate of drug-likeness (QED) is 0.385. The van der Waals surface area contributed by atoms with Gasteiger partial charge in [-0.2, -0.15) is 5.26 Å². The van der Waals surface area contributed by atoms with Crippen LogP contribution in [0.25, 0.3) is 0 Å². The number of urea groups is 1. The van der Waals surface area contributed by atoms with E-state index in [1.54, 1.807) is 48.5 Å². The third-order valence-electron chi connectivity index (χ3n) is 2.84. The van der Waals surface area contributed by atoms with Crippen LogP contribution in [0, 0.1) is 11.3 Å². The average molecular weight is 327 g/mol. The number of hydrogen-bond acceptors (Lipinski definition) is 5. The molecule has 0 heterocycles. The number of thiol groups is 1. The number of nitriles is 1. The lowest BCUT2D eigenvalue weighted by atomic mass is 10.2. The van der Waals surface area contributed by atoms with E-state index in [-0.39, 0.29) is 0 Å². The van der Waals surface area contributed by atoms with E-state index in [1.165, 1.54) is 0 Å². The summed E-state index contributed by atoms with van der Waals surface area (Å²) >= 11 is 4.17. The maximum atomic E-state index is 12.1. The fourth-order valence-electron chi connectivity index (χ4n) is 1.72. The summed E-state index contributed by atoms with van der Waals surface area (Å²) in [6.45, 7) is 0. The molecular formula is C15H13N5O2S. The molecule has 3 N–H and O–H groups in total. The predicted octanol–water partition coefficient (Wildman–Crippen LogP) is 2.51. The first kappa shape index (κ1) is 16.2. The number of hydrazine groups is 1. The average Bonchev–Trinajstić information content (AvgIpc) is 2.60. The van der Waals surface area contributed by atoms with Gasteiger partial charge in [-0.3, -0.25) is 15.6 Å².